The number of thiazole rings is 1. The van der Waals surface area contributed by atoms with Crippen molar-refractivity contribution >= 4 is 51.0 Å². The number of fused-ring (bicyclic) bond motifs is 1. The summed E-state index contributed by atoms with van der Waals surface area (Å²) in [5.74, 6) is 0. The molecule has 0 saturated heterocycles. The molecule has 2 aromatic heterocycles. The number of aromatic nitrogens is 2. The molecule has 0 bridgehead atoms. The Balaban J connectivity index is 1.89. The molecular formula is C13H9Cl2N3OS. The van der Waals surface area contributed by atoms with Gasteiger partial charge in [-0.2, -0.15) is 0 Å². The first-order valence-electron chi connectivity index (χ1n) is 5.78. The number of nitrogens with one attached hydrogen (secondary N) is 2. The SMILES string of the molecule is O=c1[nH]cc(Cl)c2ccc(NCc3cnc(Cl)s3)cc12. The number of halogens is 2. The fourth-order valence-electron chi connectivity index (χ4n) is 1.89. The zero-order valence-electron chi connectivity index (χ0n) is 10.1. The van der Waals surface area contributed by atoms with Crippen LogP contribution in [0.2, 0.25) is 9.49 Å². The van der Waals surface area contributed by atoms with Crippen LogP contribution in [0.15, 0.2) is 35.4 Å². The van der Waals surface area contributed by atoms with Gasteiger partial charge in [-0.15, -0.1) is 11.3 Å². The van der Waals surface area contributed by atoms with Gasteiger partial charge in [0.2, 0.25) is 0 Å². The third-order valence-corrected chi connectivity index (χ3v) is 4.27. The molecule has 0 aliphatic rings. The van der Waals surface area contributed by atoms with Gasteiger partial charge < -0.3 is 10.3 Å². The Hall–Kier alpha value is -1.56. The van der Waals surface area contributed by atoms with Crippen LogP contribution in [0.5, 0.6) is 0 Å². The van der Waals surface area contributed by atoms with Gasteiger partial charge in [-0.25, -0.2) is 4.98 Å². The van der Waals surface area contributed by atoms with Gasteiger partial charge >= 0.3 is 0 Å². The minimum Gasteiger partial charge on any atom is -0.380 e. The largest absolute Gasteiger partial charge is 0.380 e. The summed E-state index contributed by atoms with van der Waals surface area (Å²) in [6.07, 6.45) is 3.23. The maximum absolute atomic E-state index is 11.8. The van der Waals surface area contributed by atoms with Crippen molar-refractivity contribution in [2.45, 2.75) is 6.54 Å². The van der Waals surface area contributed by atoms with Crippen molar-refractivity contribution in [1.82, 2.24) is 9.97 Å². The number of benzene rings is 1. The lowest BCUT2D eigenvalue weighted by molar-refractivity contribution is 1.17. The first-order chi connectivity index (χ1) is 9.63. The normalized spacial score (nSPS) is 10.9. The molecular weight excluding hydrogens is 317 g/mol. The lowest BCUT2D eigenvalue weighted by Gasteiger charge is -2.06. The second-order valence-corrected chi connectivity index (χ2v) is 6.26. The summed E-state index contributed by atoms with van der Waals surface area (Å²) in [4.78, 5) is 19.4. The quantitative estimate of drug-likeness (QED) is 0.767. The Morgan fingerprint density at radius 3 is 2.90 bits per heavy atom. The van der Waals surface area contributed by atoms with E-state index in [0.29, 0.717) is 21.4 Å². The van der Waals surface area contributed by atoms with E-state index in [1.807, 2.05) is 12.1 Å². The molecule has 0 amide bonds. The summed E-state index contributed by atoms with van der Waals surface area (Å²) in [6.45, 7) is 0.606. The number of aromatic amines is 1. The molecule has 0 aliphatic carbocycles. The number of rotatable bonds is 3. The number of hydrogen-bond acceptors (Lipinski definition) is 4. The molecule has 2 heterocycles. The smallest absolute Gasteiger partial charge is 0.255 e. The summed E-state index contributed by atoms with van der Waals surface area (Å²) in [5, 5.41) is 5.05. The molecule has 0 radical (unpaired) electrons. The molecule has 0 unspecified atom stereocenters. The number of anilines is 1. The summed E-state index contributed by atoms with van der Waals surface area (Å²) in [7, 11) is 0. The van der Waals surface area contributed by atoms with E-state index in [4.69, 9.17) is 23.2 Å². The minimum absolute atomic E-state index is 0.158. The average molecular weight is 326 g/mol. The Morgan fingerprint density at radius 1 is 1.30 bits per heavy atom. The van der Waals surface area contributed by atoms with Crippen LogP contribution in [0, 0.1) is 0 Å². The van der Waals surface area contributed by atoms with Crippen molar-refractivity contribution in [2.75, 3.05) is 5.32 Å². The van der Waals surface area contributed by atoms with Gasteiger partial charge in [-0.3, -0.25) is 4.79 Å². The molecule has 102 valence electrons. The average Bonchev–Trinajstić information content (AvgIpc) is 2.86. The van der Waals surface area contributed by atoms with E-state index in [1.54, 1.807) is 12.3 Å². The first-order valence-corrected chi connectivity index (χ1v) is 7.36. The predicted molar refractivity (Wildman–Crippen MR) is 84.0 cm³/mol. The topological polar surface area (TPSA) is 57.8 Å². The van der Waals surface area contributed by atoms with E-state index in [2.05, 4.69) is 15.3 Å². The van der Waals surface area contributed by atoms with Gasteiger partial charge in [0.1, 0.15) is 0 Å². The van der Waals surface area contributed by atoms with Gasteiger partial charge in [0.15, 0.2) is 4.47 Å². The molecule has 20 heavy (non-hydrogen) atoms. The highest BCUT2D eigenvalue weighted by atomic mass is 35.5. The van der Waals surface area contributed by atoms with E-state index in [0.717, 1.165) is 16.0 Å². The number of nitrogens with zero attached hydrogens (tertiary/aromatic N) is 1. The van der Waals surface area contributed by atoms with E-state index >= 15 is 0 Å². The van der Waals surface area contributed by atoms with Crippen molar-refractivity contribution in [3.63, 3.8) is 0 Å². The number of hydrogen-bond donors (Lipinski definition) is 2. The standard InChI is InChI=1S/C13H9Cl2N3OS/c14-11-6-17-12(19)10-3-7(1-2-9(10)11)16-4-8-5-18-13(15)20-8/h1-3,5-6,16H,4H2,(H,17,19). The van der Waals surface area contributed by atoms with Crippen LogP contribution in [0.4, 0.5) is 5.69 Å². The van der Waals surface area contributed by atoms with Gasteiger partial charge in [-0.05, 0) is 12.1 Å². The highest BCUT2D eigenvalue weighted by Gasteiger charge is 2.05. The Bertz CT molecular complexity index is 828. The van der Waals surface area contributed by atoms with E-state index in [-0.39, 0.29) is 5.56 Å². The van der Waals surface area contributed by atoms with Crippen LogP contribution < -0.4 is 10.9 Å². The monoisotopic (exact) mass is 325 g/mol. The summed E-state index contributed by atoms with van der Waals surface area (Å²) >= 11 is 13.2. The van der Waals surface area contributed by atoms with Crippen LogP contribution in [0.25, 0.3) is 10.8 Å². The van der Waals surface area contributed by atoms with Crippen molar-refractivity contribution in [3.8, 4) is 0 Å². The second-order valence-electron chi connectivity index (χ2n) is 4.16. The molecule has 3 rings (SSSR count). The molecule has 0 aliphatic heterocycles. The third-order valence-electron chi connectivity index (χ3n) is 2.84. The van der Waals surface area contributed by atoms with E-state index < -0.39 is 0 Å². The fourth-order valence-corrected chi connectivity index (χ4v) is 3.03. The minimum atomic E-state index is -0.158. The van der Waals surface area contributed by atoms with Crippen molar-refractivity contribution in [3.05, 3.63) is 55.3 Å². The Morgan fingerprint density at radius 2 is 2.15 bits per heavy atom. The lowest BCUT2D eigenvalue weighted by atomic mass is 10.1. The molecule has 4 nitrogen and oxygen atoms in total. The van der Waals surface area contributed by atoms with Gasteiger partial charge in [0.25, 0.3) is 5.56 Å². The summed E-state index contributed by atoms with van der Waals surface area (Å²) < 4.78 is 0.517. The maximum atomic E-state index is 11.8. The highest BCUT2D eigenvalue weighted by molar-refractivity contribution is 7.15. The Labute approximate surface area is 128 Å². The highest BCUT2D eigenvalue weighted by Crippen LogP contribution is 2.24. The molecule has 0 saturated carbocycles. The van der Waals surface area contributed by atoms with Crippen molar-refractivity contribution in [2.24, 2.45) is 0 Å². The third kappa shape index (κ3) is 2.65. The van der Waals surface area contributed by atoms with Crippen LogP contribution in [0.3, 0.4) is 0 Å². The zero-order chi connectivity index (χ0) is 14.1. The van der Waals surface area contributed by atoms with Gasteiger partial charge in [0, 0.05) is 28.3 Å². The van der Waals surface area contributed by atoms with Crippen LogP contribution >= 0.6 is 34.5 Å². The zero-order valence-corrected chi connectivity index (χ0v) is 12.4. The summed E-state index contributed by atoms with van der Waals surface area (Å²) in [5.41, 5.74) is 0.684. The van der Waals surface area contributed by atoms with Crippen LogP contribution in [0.1, 0.15) is 4.88 Å². The molecule has 0 atom stereocenters. The molecule has 0 spiro atoms. The fraction of sp³-hybridized carbons (Fsp3) is 0.0769. The number of pyridine rings is 1. The Kier molecular flexibility index (Phi) is 3.65. The van der Waals surface area contributed by atoms with Crippen LogP contribution in [-0.4, -0.2) is 9.97 Å². The first kappa shape index (κ1) is 13.4. The number of H-pyrrole nitrogens is 1. The predicted octanol–water partition coefficient (Wildman–Crippen LogP) is 3.90. The van der Waals surface area contributed by atoms with Crippen LogP contribution in [-0.2, 0) is 6.54 Å². The summed E-state index contributed by atoms with van der Waals surface area (Å²) in [6, 6.07) is 5.49. The molecule has 2 N–H and O–H groups in total. The molecule has 1 aromatic carbocycles. The molecule has 3 aromatic rings. The lowest BCUT2D eigenvalue weighted by Crippen LogP contribution is -2.06. The van der Waals surface area contributed by atoms with Crippen molar-refractivity contribution in [1.29, 1.82) is 0 Å². The van der Waals surface area contributed by atoms with Gasteiger partial charge in [0.05, 0.1) is 17.0 Å². The van der Waals surface area contributed by atoms with E-state index in [9.17, 15) is 4.79 Å². The van der Waals surface area contributed by atoms with Gasteiger partial charge in [-0.1, -0.05) is 29.3 Å². The molecule has 7 heteroatoms. The van der Waals surface area contributed by atoms with Crippen molar-refractivity contribution < 1.29 is 0 Å². The molecule has 0 fully saturated rings. The second kappa shape index (κ2) is 5.44. The maximum Gasteiger partial charge on any atom is 0.255 e. The van der Waals surface area contributed by atoms with E-state index in [1.165, 1.54) is 17.5 Å².